The molecule has 0 aliphatic carbocycles. The predicted octanol–water partition coefficient (Wildman–Crippen LogP) is 4.20. The monoisotopic (exact) mass is 353 g/mol. The Balaban J connectivity index is 1.52. The van der Waals surface area contributed by atoms with E-state index in [1.54, 1.807) is 11.3 Å². The molecular formula is C15H20BrN3S. The Bertz CT molecular complexity index is 576. The van der Waals surface area contributed by atoms with Gasteiger partial charge in [0.15, 0.2) is 5.13 Å². The van der Waals surface area contributed by atoms with Crippen LogP contribution in [0.3, 0.4) is 0 Å². The summed E-state index contributed by atoms with van der Waals surface area (Å²) in [4.78, 5) is 7.05. The van der Waals surface area contributed by atoms with Gasteiger partial charge in [-0.1, -0.05) is 27.3 Å². The predicted molar refractivity (Wildman–Crippen MR) is 90.6 cm³/mol. The molecule has 20 heavy (non-hydrogen) atoms. The van der Waals surface area contributed by atoms with Gasteiger partial charge in [-0.25, -0.2) is 4.98 Å². The topological polar surface area (TPSA) is 28.2 Å². The van der Waals surface area contributed by atoms with Gasteiger partial charge in [0.05, 0.1) is 10.2 Å². The molecule has 108 valence electrons. The van der Waals surface area contributed by atoms with Crippen molar-refractivity contribution >= 4 is 42.6 Å². The first-order valence-electron chi connectivity index (χ1n) is 7.19. The maximum atomic E-state index is 4.63. The van der Waals surface area contributed by atoms with Gasteiger partial charge in [0.2, 0.25) is 0 Å². The molecule has 0 atom stereocenters. The minimum Gasteiger partial charge on any atom is -0.361 e. The molecule has 1 aromatic heterocycles. The Kier molecular flexibility index (Phi) is 4.58. The van der Waals surface area contributed by atoms with Crippen molar-refractivity contribution in [2.24, 2.45) is 5.92 Å². The minimum atomic E-state index is 0.877. The smallest absolute Gasteiger partial charge is 0.183 e. The zero-order valence-corrected chi connectivity index (χ0v) is 14.1. The maximum Gasteiger partial charge on any atom is 0.183 e. The van der Waals surface area contributed by atoms with Gasteiger partial charge in [-0.3, -0.25) is 0 Å². The largest absolute Gasteiger partial charge is 0.361 e. The molecule has 0 bridgehead atoms. The molecule has 1 aromatic carbocycles. The van der Waals surface area contributed by atoms with Gasteiger partial charge >= 0.3 is 0 Å². The second-order valence-electron chi connectivity index (χ2n) is 5.59. The van der Waals surface area contributed by atoms with Gasteiger partial charge in [0.1, 0.15) is 0 Å². The normalized spacial score (nSPS) is 17.7. The summed E-state index contributed by atoms with van der Waals surface area (Å²) >= 11 is 5.24. The van der Waals surface area contributed by atoms with Gasteiger partial charge in [-0.15, -0.1) is 0 Å². The molecule has 1 aliphatic rings. The average molecular weight is 354 g/mol. The van der Waals surface area contributed by atoms with Crippen molar-refractivity contribution in [1.82, 2.24) is 9.88 Å². The molecule has 2 heterocycles. The molecule has 1 N–H and O–H groups in total. The first kappa shape index (κ1) is 14.3. The fourth-order valence-corrected chi connectivity index (χ4v) is 4.15. The van der Waals surface area contributed by atoms with E-state index in [0.717, 1.165) is 27.6 Å². The summed E-state index contributed by atoms with van der Waals surface area (Å²) in [5.74, 6) is 0.877. The highest BCUT2D eigenvalue weighted by atomic mass is 79.9. The number of hydrogen-bond acceptors (Lipinski definition) is 4. The molecule has 0 saturated carbocycles. The summed E-state index contributed by atoms with van der Waals surface area (Å²) < 4.78 is 2.35. The molecule has 0 unspecified atom stereocenters. The van der Waals surface area contributed by atoms with Crippen molar-refractivity contribution in [1.29, 1.82) is 0 Å². The van der Waals surface area contributed by atoms with E-state index in [0.29, 0.717) is 0 Å². The molecule has 1 fully saturated rings. The Labute approximate surface area is 132 Å². The lowest BCUT2D eigenvalue weighted by Crippen LogP contribution is -2.30. The summed E-state index contributed by atoms with van der Waals surface area (Å²) in [5.41, 5.74) is 1.08. The number of thiazole rings is 1. The van der Waals surface area contributed by atoms with Gasteiger partial charge in [0, 0.05) is 11.0 Å². The number of piperidine rings is 1. The summed E-state index contributed by atoms with van der Waals surface area (Å²) in [6.07, 6.45) is 3.93. The van der Waals surface area contributed by atoms with Crippen LogP contribution in [0, 0.1) is 5.92 Å². The molecule has 1 aliphatic heterocycles. The number of benzene rings is 1. The Morgan fingerprint density at radius 2 is 2.20 bits per heavy atom. The highest BCUT2D eigenvalue weighted by Gasteiger charge is 2.16. The zero-order valence-electron chi connectivity index (χ0n) is 11.7. The third kappa shape index (κ3) is 3.51. The average Bonchev–Trinajstić information content (AvgIpc) is 2.83. The van der Waals surface area contributed by atoms with Gasteiger partial charge in [0.25, 0.3) is 0 Å². The quantitative estimate of drug-likeness (QED) is 0.892. The maximum absolute atomic E-state index is 4.63. The fraction of sp³-hybridized carbons (Fsp3) is 0.533. The zero-order chi connectivity index (χ0) is 13.9. The highest BCUT2D eigenvalue weighted by molar-refractivity contribution is 9.10. The lowest BCUT2D eigenvalue weighted by atomic mass is 9.94. The first-order chi connectivity index (χ1) is 9.70. The Morgan fingerprint density at radius 3 is 3.00 bits per heavy atom. The van der Waals surface area contributed by atoms with Gasteiger partial charge < -0.3 is 10.2 Å². The lowest BCUT2D eigenvalue weighted by molar-refractivity contribution is 0.215. The van der Waals surface area contributed by atoms with E-state index in [2.05, 4.69) is 50.3 Å². The molecule has 0 spiro atoms. The minimum absolute atomic E-state index is 0.877. The van der Waals surface area contributed by atoms with Crippen LogP contribution in [0.4, 0.5) is 5.13 Å². The van der Waals surface area contributed by atoms with Crippen molar-refractivity contribution in [2.75, 3.05) is 32.0 Å². The second kappa shape index (κ2) is 6.41. The van der Waals surface area contributed by atoms with Crippen LogP contribution in [0.1, 0.15) is 19.3 Å². The van der Waals surface area contributed by atoms with E-state index in [-0.39, 0.29) is 0 Å². The second-order valence-corrected chi connectivity index (χ2v) is 7.54. The fourth-order valence-electron chi connectivity index (χ4n) is 2.71. The number of anilines is 1. The summed E-state index contributed by atoms with van der Waals surface area (Å²) in [5, 5.41) is 4.54. The van der Waals surface area contributed by atoms with E-state index in [1.165, 1.54) is 37.1 Å². The number of rotatable bonds is 4. The SMILES string of the molecule is CN1CCC(CCNc2nc3ccc(Br)cc3s2)CC1. The number of nitrogens with zero attached hydrogens (tertiary/aromatic N) is 2. The van der Waals surface area contributed by atoms with E-state index in [1.807, 2.05) is 6.07 Å². The van der Waals surface area contributed by atoms with E-state index in [9.17, 15) is 0 Å². The molecule has 1 saturated heterocycles. The van der Waals surface area contributed by atoms with Gasteiger partial charge in [-0.2, -0.15) is 0 Å². The van der Waals surface area contributed by atoms with Crippen molar-refractivity contribution in [3.63, 3.8) is 0 Å². The highest BCUT2D eigenvalue weighted by Crippen LogP contribution is 2.28. The van der Waals surface area contributed by atoms with Crippen LogP contribution in [0.25, 0.3) is 10.2 Å². The molecule has 3 rings (SSSR count). The molecule has 0 radical (unpaired) electrons. The van der Waals surface area contributed by atoms with Crippen LogP contribution in [-0.4, -0.2) is 36.6 Å². The van der Waals surface area contributed by atoms with E-state index in [4.69, 9.17) is 0 Å². The number of likely N-dealkylation sites (tertiary alicyclic amines) is 1. The van der Waals surface area contributed by atoms with Crippen LogP contribution in [0.2, 0.25) is 0 Å². The number of halogens is 1. The molecule has 2 aromatic rings. The van der Waals surface area contributed by atoms with E-state index >= 15 is 0 Å². The summed E-state index contributed by atoms with van der Waals surface area (Å²) in [6, 6.07) is 6.25. The van der Waals surface area contributed by atoms with E-state index < -0.39 is 0 Å². The van der Waals surface area contributed by atoms with Gasteiger partial charge in [-0.05, 0) is 63.5 Å². The molecular weight excluding hydrogens is 334 g/mol. The van der Waals surface area contributed by atoms with Crippen LogP contribution in [0.15, 0.2) is 22.7 Å². The lowest BCUT2D eigenvalue weighted by Gasteiger charge is -2.28. The Morgan fingerprint density at radius 1 is 1.40 bits per heavy atom. The Hall–Kier alpha value is -0.650. The number of fused-ring (bicyclic) bond motifs is 1. The molecule has 0 amide bonds. The van der Waals surface area contributed by atoms with Crippen molar-refractivity contribution in [3.05, 3.63) is 22.7 Å². The van der Waals surface area contributed by atoms with Crippen LogP contribution < -0.4 is 5.32 Å². The van der Waals surface area contributed by atoms with Crippen LogP contribution in [0.5, 0.6) is 0 Å². The third-order valence-electron chi connectivity index (χ3n) is 4.02. The van der Waals surface area contributed by atoms with Crippen LogP contribution in [-0.2, 0) is 0 Å². The number of aromatic nitrogens is 1. The third-order valence-corrected chi connectivity index (χ3v) is 5.49. The number of nitrogens with one attached hydrogen (secondary N) is 1. The standard InChI is InChI=1S/C15H20BrN3S/c1-19-8-5-11(6-9-19)4-7-17-15-18-13-3-2-12(16)10-14(13)20-15/h2-3,10-11H,4-9H2,1H3,(H,17,18). The van der Waals surface area contributed by atoms with Crippen molar-refractivity contribution in [3.8, 4) is 0 Å². The molecule has 5 heteroatoms. The van der Waals surface area contributed by atoms with Crippen LogP contribution >= 0.6 is 27.3 Å². The van der Waals surface area contributed by atoms with Crippen molar-refractivity contribution < 1.29 is 0 Å². The summed E-state index contributed by atoms with van der Waals surface area (Å²) in [7, 11) is 2.22. The number of hydrogen-bond donors (Lipinski definition) is 1. The van der Waals surface area contributed by atoms with Crippen molar-refractivity contribution in [2.45, 2.75) is 19.3 Å². The first-order valence-corrected chi connectivity index (χ1v) is 8.80. The summed E-state index contributed by atoms with van der Waals surface area (Å²) in [6.45, 7) is 3.54. The molecule has 3 nitrogen and oxygen atoms in total.